The van der Waals surface area contributed by atoms with Gasteiger partial charge in [-0.25, -0.2) is 9.78 Å². The smallest absolute Gasteiger partial charge is 0.341 e. The van der Waals surface area contributed by atoms with Gasteiger partial charge in [-0.2, -0.15) is 0 Å². The predicted molar refractivity (Wildman–Crippen MR) is 119 cm³/mol. The van der Waals surface area contributed by atoms with Crippen molar-refractivity contribution >= 4 is 23.1 Å². The number of carboxylic acids is 1. The van der Waals surface area contributed by atoms with Crippen LogP contribution in [-0.2, 0) is 0 Å². The maximum absolute atomic E-state index is 12.9. The van der Waals surface area contributed by atoms with E-state index < -0.39 is 5.97 Å². The number of piperidine rings is 1. The lowest BCUT2D eigenvalue weighted by atomic mass is 10.1. The van der Waals surface area contributed by atoms with E-state index in [1.54, 1.807) is 24.4 Å². The van der Waals surface area contributed by atoms with E-state index >= 15 is 0 Å². The summed E-state index contributed by atoms with van der Waals surface area (Å²) in [5, 5.41) is 22.7. The Morgan fingerprint density at radius 1 is 1.19 bits per heavy atom. The molecule has 1 aliphatic heterocycles. The van der Waals surface area contributed by atoms with E-state index in [1.165, 1.54) is 16.9 Å². The number of aryl methyl sites for hydroxylation is 1. The molecule has 0 amide bonds. The Morgan fingerprint density at radius 2 is 1.94 bits per heavy atom. The van der Waals surface area contributed by atoms with Crippen LogP contribution in [0.5, 0.6) is 5.75 Å². The molecule has 8 nitrogen and oxygen atoms in total. The molecule has 4 rings (SSSR count). The Balaban J connectivity index is 1.79. The van der Waals surface area contributed by atoms with E-state index in [4.69, 9.17) is 4.98 Å². The number of pyridine rings is 1. The number of carbonyl (C=O) groups is 1. The van der Waals surface area contributed by atoms with Crippen molar-refractivity contribution in [2.24, 2.45) is 0 Å². The zero-order chi connectivity index (χ0) is 22.1. The number of benzene rings is 1. The molecule has 8 heteroatoms. The highest BCUT2D eigenvalue weighted by atomic mass is 16.4. The number of fused-ring (bicyclic) bond motifs is 1. The van der Waals surface area contributed by atoms with Gasteiger partial charge in [0, 0.05) is 30.9 Å². The Labute approximate surface area is 179 Å². The molecular weight excluding hydrogens is 396 g/mol. The molecule has 1 aromatic carbocycles. The van der Waals surface area contributed by atoms with Crippen molar-refractivity contribution in [1.82, 2.24) is 9.38 Å². The second-order valence-electron chi connectivity index (χ2n) is 8.04. The van der Waals surface area contributed by atoms with Crippen LogP contribution in [0, 0.1) is 6.92 Å². The normalized spacial score (nSPS) is 15.1. The molecule has 3 heterocycles. The Bertz CT molecular complexity index is 1200. The summed E-state index contributed by atoms with van der Waals surface area (Å²) >= 11 is 0. The first-order chi connectivity index (χ1) is 14.8. The summed E-state index contributed by atoms with van der Waals surface area (Å²) in [5.41, 5.74) is 2.16. The van der Waals surface area contributed by atoms with E-state index in [-0.39, 0.29) is 22.9 Å². The highest BCUT2D eigenvalue weighted by molar-refractivity contribution is 5.97. The summed E-state index contributed by atoms with van der Waals surface area (Å²) in [6.45, 7) is 5.54. The molecule has 1 unspecified atom stereocenters. The molecule has 162 valence electrons. The third-order valence-corrected chi connectivity index (χ3v) is 5.69. The molecule has 1 saturated heterocycles. The number of carboxylic acid groups (broad SMARTS) is 1. The van der Waals surface area contributed by atoms with Crippen molar-refractivity contribution in [2.45, 2.75) is 39.2 Å². The third kappa shape index (κ3) is 4.05. The summed E-state index contributed by atoms with van der Waals surface area (Å²) in [5.74, 6) is -0.852. The van der Waals surface area contributed by atoms with Gasteiger partial charge in [-0.15, -0.1) is 0 Å². The minimum Gasteiger partial charge on any atom is -0.507 e. The zero-order valence-corrected chi connectivity index (χ0v) is 17.6. The molecule has 0 spiro atoms. The fourth-order valence-electron chi connectivity index (χ4n) is 4.16. The van der Waals surface area contributed by atoms with Crippen LogP contribution in [0.2, 0.25) is 0 Å². The van der Waals surface area contributed by atoms with E-state index in [0.29, 0.717) is 17.2 Å². The lowest BCUT2D eigenvalue weighted by Gasteiger charge is -2.28. The molecule has 1 atom stereocenters. The van der Waals surface area contributed by atoms with Gasteiger partial charge in [-0.3, -0.25) is 9.20 Å². The zero-order valence-electron chi connectivity index (χ0n) is 17.6. The number of nitrogens with zero attached hydrogens (tertiary/aromatic N) is 3. The van der Waals surface area contributed by atoms with Crippen LogP contribution in [0.25, 0.3) is 5.65 Å². The molecule has 0 aliphatic carbocycles. The molecular formula is C23H26N4O4. The predicted octanol–water partition coefficient (Wildman–Crippen LogP) is 3.57. The van der Waals surface area contributed by atoms with Gasteiger partial charge in [0.1, 0.15) is 22.8 Å². The van der Waals surface area contributed by atoms with Crippen LogP contribution in [0.15, 0.2) is 41.3 Å². The Kier molecular flexibility index (Phi) is 5.54. The monoisotopic (exact) mass is 422 g/mol. The second kappa shape index (κ2) is 8.29. The average Bonchev–Trinajstić information content (AvgIpc) is 2.74. The topological polar surface area (TPSA) is 107 Å². The number of aromatic hydroxyl groups is 1. The summed E-state index contributed by atoms with van der Waals surface area (Å²) in [7, 11) is 0. The number of anilines is 2. The van der Waals surface area contributed by atoms with Crippen molar-refractivity contribution in [3.8, 4) is 5.75 Å². The molecule has 2 aromatic heterocycles. The van der Waals surface area contributed by atoms with Crippen LogP contribution >= 0.6 is 0 Å². The highest BCUT2D eigenvalue weighted by Crippen LogP contribution is 2.30. The van der Waals surface area contributed by atoms with Crippen LogP contribution < -0.4 is 15.8 Å². The van der Waals surface area contributed by atoms with Gasteiger partial charge in [0.2, 0.25) is 0 Å². The Morgan fingerprint density at radius 3 is 2.65 bits per heavy atom. The molecule has 1 fully saturated rings. The molecule has 1 aliphatic rings. The van der Waals surface area contributed by atoms with E-state index in [0.717, 1.165) is 37.1 Å². The first-order valence-electron chi connectivity index (χ1n) is 10.5. The third-order valence-electron chi connectivity index (χ3n) is 5.69. The lowest BCUT2D eigenvalue weighted by molar-refractivity contribution is 0.0695. The summed E-state index contributed by atoms with van der Waals surface area (Å²) in [6, 6.07) is 7.70. The molecule has 0 radical (unpaired) electrons. The van der Waals surface area contributed by atoms with Crippen molar-refractivity contribution in [1.29, 1.82) is 0 Å². The van der Waals surface area contributed by atoms with Gasteiger partial charge in [0.05, 0.1) is 11.7 Å². The number of phenols is 1. The SMILES string of the molecule is Cc1cc(C(C)Nc2cccc(O)c2C(=O)O)c2nc(N3CCCCC3)cc(=O)n2c1. The van der Waals surface area contributed by atoms with Gasteiger partial charge < -0.3 is 20.4 Å². The first kappa shape index (κ1) is 20.7. The first-order valence-corrected chi connectivity index (χ1v) is 10.5. The standard InChI is InChI=1S/C23H26N4O4/c1-14-11-16(15(2)24-17-7-6-8-18(28)21(17)23(30)31)22-25-19(12-20(29)27(22)13-14)26-9-4-3-5-10-26/h6-8,11-13,15,24,28H,3-5,9-10H2,1-2H3,(H,30,31). The minimum absolute atomic E-state index is 0.147. The maximum atomic E-state index is 12.9. The summed E-state index contributed by atoms with van der Waals surface area (Å²) < 4.78 is 1.54. The van der Waals surface area contributed by atoms with E-state index in [1.807, 2.05) is 19.9 Å². The summed E-state index contributed by atoms with van der Waals surface area (Å²) in [6.07, 6.45) is 5.10. The molecule has 3 N–H and O–H groups in total. The van der Waals surface area contributed by atoms with Gasteiger partial charge in [-0.05, 0) is 56.9 Å². The van der Waals surface area contributed by atoms with Crippen molar-refractivity contribution in [2.75, 3.05) is 23.3 Å². The summed E-state index contributed by atoms with van der Waals surface area (Å²) in [4.78, 5) is 31.5. The van der Waals surface area contributed by atoms with E-state index in [2.05, 4.69) is 10.2 Å². The van der Waals surface area contributed by atoms with Crippen LogP contribution in [0.1, 0.15) is 53.7 Å². The van der Waals surface area contributed by atoms with Gasteiger partial charge in [0.15, 0.2) is 0 Å². The van der Waals surface area contributed by atoms with Crippen LogP contribution in [0.3, 0.4) is 0 Å². The number of hydrogen-bond acceptors (Lipinski definition) is 6. The van der Waals surface area contributed by atoms with E-state index in [9.17, 15) is 19.8 Å². The van der Waals surface area contributed by atoms with Crippen LogP contribution in [0.4, 0.5) is 11.5 Å². The molecule has 31 heavy (non-hydrogen) atoms. The van der Waals surface area contributed by atoms with Crippen molar-refractivity contribution in [3.05, 3.63) is 63.6 Å². The number of nitrogens with one attached hydrogen (secondary N) is 1. The van der Waals surface area contributed by atoms with Gasteiger partial charge in [-0.1, -0.05) is 6.07 Å². The fraction of sp³-hybridized carbons (Fsp3) is 0.348. The average molecular weight is 422 g/mol. The number of aromatic carboxylic acids is 1. The van der Waals surface area contributed by atoms with Crippen molar-refractivity contribution in [3.63, 3.8) is 0 Å². The van der Waals surface area contributed by atoms with Crippen LogP contribution in [-0.4, -0.2) is 38.7 Å². The largest absolute Gasteiger partial charge is 0.507 e. The second-order valence-corrected chi connectivity index (χ2v) is 8.04. The van der Waals surface area contributed by atoms with Crippen molar-refractivity contribution < 1.29 is 15.0 Å². The molecule has 0 bridgehead atoms. The lowest BCUT2D eigenvalue weighted by Crippen LogP contribution is -2.32. The number of hydrogen-bond donors (Lipinski definition) is 3. The van der Waals surface area contributed by atoms with Gasteiger partial charge >= 0.3 is 5.97 Å². The molecule has 3 aromatic rings. The molecule has 0 saturated carbocycles. The quantitative estimate of drug-likeness (QED) is 0.577. The minimum atomic E-state index is -1.22. The fourth-order valence-corrected chi connectivity index (χ4v) is 4.16. The van der Waals surface area contributed by atoms with Gasteiger partial charge in [0.25, 0.3) is 5.56 Å². The highest BCUT2D eigenvalue weighted by Gasteiger charge is 2.20. The maximum Gasteiger partial charge on any atom is 0.341 e. The number of rotatable bonds is 5. The number of aromatic nitrogens is 2. The Hall–Kier alpha value is -3.55.